The number of nitrogens with zero attached hydrogens (tertiary/aromatic N) is 2. The van der Waals surface area contributed by atoms with Crippen LogP contribution in [0, 0.1) is 5.92 Å². The van der Waals surface area contributed by atoms with Gasteiger partial charge in [0.1, 0.15) is 0 Å². The molecule has 0 N–H and O–H groups in total. The van der Waals surface area contributed by atoms with E-state index in [9.17, 15) is 4.79 Å². The molecule has 32 heavy (non-hydrogen) atoms. The van der Waals surface area contributed by atoms with Gasteiger partial charge in [-0.25, -0.2) is 4.79 Å². The Bertz CT molecular complexity index is 802. The van der Waals surface area contributed by atoms with E-state index in [0.29, 0.717) is 13.2 Å². The molecule has 4 heteroatoms. The van der Waals surface area contributed by atoms with Gasteiger partial charge in [0.25, 0.3) is 0 Å². The van der Waals surface area contributed by atoms with Crippen LogP contribution in [0.3, 0.4) is 0 Å². The van der Waals surface area contributed by atoms with E-state index < -0.39 is 0 Å². The number of carbonyl (C=O) groups excluding carboxylic acids is 1. The third-order valence-corrected chi connectivity index (χ3v) is 7.51. The highest BCUT2D eigenvalue weighted by molar-refractivity contribution is 5.87. The number of unbranched alkanes of at least 4 members (excludes halogenated alkanes) is 4. The molecule has 0 radical (unpaired) electrons. The molecule has 5 rings (SSSR count). The smallest absolute Gasteiger partial charge is 0.414 e. The van der Waals surface area contributed by atoms with Crippen LogP contribution in [0.15, 0.2) is 60.7 Å². The van der Waals surface area contributed by atoms with E-state index >= 15 is 0 Å². The predicted octanol–water partition coefficient (Wildman–Crippen LogP) is 6.41. The number of hydrogen-bond donors (Lipinski definition) is 0. The third kappa shape index (κ3) is 6.35. The molecule has 0 unspecified atom stereocenters. The summed E-state index contributed by atoms with van der Waals surface area (Å²) in [5.41, 5.74) is 1.97. The molecule has 0 saturated carbocycles. The molecular formula is C28H39N2O2+. The maximum atomic E-state index is 12.8. The molecule has 3 saturated heterocycles. The molecule has 1 amide bonds. The highest BCUT2D eigenvalue weighted by atomic mass is 16.6. The van der Waals surface area contributed by atoms with Crippen molar-refractivity contribution in [3.8, 4) is 0 Å². The van der Waals surface area contributed by atoms with Crippen LogP contribution in [-0.2, 0) is 11.3 Å². The Labute approximate surface area is 193 Å². The molecule has 0 aliphatic carbocycles. The molecular weight excluding hydrogens is 396 g/mol. The minimum absolute atomic E-state index is 0.260. The summed E-state index contributed by atoms with van der Waals surface area (Å²) in [5.74, 6) is 1.04. The number of carbonyl (C=O) groups is 1. The van der Waals surface area contributed by atoms with Crippen molar-refractivity contribution in [2.75, 3.05) is 37.7 Å². The minimum atomic E-state index is -0.260. The first-order chi connectivity index (χ1) is 15.7. The molecule has 172 valence electrons. The van der Waals surface area contributed by atoms with Gasteiger partial charge in [0, 0.05) is 5.69 Å². The third-order valence-electron chi connectivity index (χ3n) is 7.51. The lowest BCUT2D eigenvalue weighted by atomic mass is 9.85. The monoisotopic (exact) mass is 435 g/mol. The van der Waals surface area contributed by atoms with Crippen LogP contribution in [0.25, 0.3) is 0 Å². The minimum Gasteiger partial charge on any atom is -0.449 e. The molecule has 3 fully saturated rings. The SMILES string of the molecule is O=C(OCCCCCCC[N+]12CCC(CC1)CC2)N(Cc1ccccc1)c1ccccc1. The van der Waals surface area contributed by atoms with Crippen LogP contribution in [0.2, 0.25) is 0 Å². The molecule has 3 aliphatic heterocycles. The van der Waals surface area contributed by atoms with Gasteiger partial charge >= 0.3 is 6.09 Å². The molecule has 2 aromatic rings. The topological polar surface area (TPSA) is 29.5 Å². The van der Waals surface area contributed by atoms with E-state index in [1.165, 1.54) is 69.2 Å². The predicted molar refractivity (Wildman–Crippen MR) is 131 cm³/mol. The van der Waals surface area contributed by atoms with Gasteiger partial charge in [-0.2, -0.15) is 0 Å². The molecule has 3 aliphatic rings. The second kappa shape index (κ2) is 11.5. The van der Waals surface area contributed by atoms with Crippen LogP contribution in [0.1, 0.15) is 56.9 Å². The molecule has 2 bridgehead atoms. The quantitative estimate of drug-likeness (QED) is 0.301. The zero-order chi connectivity index (χ0) is 22.1. The van der Waals surface area contributed by atoms with Crippen molar-refractivity contribution in [2.45, 2.75) is 57.9 Å². The molecule has 2 aromatic carbocycles. The van der Waals surface area contributed by atoms with Crippen LogP contribution < -0.4 is 4.90 Å². The Kier molecular flexibility index (Phi) is 8.22. The van der Waals surface area contributed by atoms with Gasteiger partial charge < -0.3 is 9.22 Å². The summed E-state index contributed by atoms with van der Waals surface area (Å²) in [7, 11) is 0. The zero-order valence-electron chi connectivity index (χ0n) is 19.5. The van der Waals surface area contributed by atoms with E-state index in [0.717, 1.165) is 30.0 Å². The number of anilines is 1. The number of quaternary nitrogens is 1. The van der Waals surface area contributed by atoms with Crippen molar-refractivity contribution in [3.63, 3.8) is 0 Å². The highest BCUT2D eigenvalue weighted by Gasteiger charge is 2.38. The normalized spacial score (nSPS) is 21.9. The van der Waals surface area contributed by atoms with Crippen LogP contribution in [0.5, 0.6) is 0 Å². The molecule has 0 aromatic heterocycles. The summed E-state index contributed by atoms with van der Waals surface area (Å²) in [6.45, 7) is 6.69. The van der Waals surface area contributed by atoms with Gasteiger partial charge in [-0.15, -0.1) is 0 Å². The number of ether oxygens (including phenoxy) is 1. The second-order valence-corrected chi connectivity index (χ2v) is 9.76. The summed E-state index contributed by atoms with van der Waals surface area (Å²) >= 11 is 0. The van der Waals surface area contributed by atoms with Crippen molar-refractivity contribution in [3.05, 3.63) is 66.2 Å². The summed E-state index contributed by atoms with van der Waals surface area (Å²) in [6.07, 6.45) is 10.1. The van der Waals surface area contributed by atoms with Crippen LogP contribution >= 0.6 is 0 Å². The van der Waals surface area contributed by atoms with Crippen molar-refractivity contribution in [1.82, 2.24) is 0 Å². The van der Waals surface area contributed by atoms with Gasteiger partial charge in [-0.05, 0) is 62.1 Å². The van der Waals surface area contributed by atoms with Gasteiger partial charge in [-0.1, -0.05) is 61.4 Å². The largest absolute Gasteiger partial charge is 0.449 e. The number of fused-ring (bicyclic) bond motifs is 3. The van der Waals surface area contributed by atoms with Crippen LogP contribution in [0.4, 0.5) is 10.5 Å². The summed E-state index contributed by atoms with van der Waals surface area (Å²) in [5, 5.41) is 0. The van der Waals surface area contributed by atoms with Gasteiger partial charge in [0.2, 0.25) is 0 Å². The van der Waals surface area contributed by atoms with Crippen molar-refractivity contribution >= 4 is 11.8 Å². The van der Waals surface area contributed by atoms with E-state index in [-0.39, 0.29) is 6.09 Å². The molecule has 3 heterocycles. The lowest BCUT2D eigenvalue weighted by molar-refractivity contribution is -0.942. The standard InChI is InChI=1S/C28H39N2O2/c31-28(29(27-14-8-5-9-15-27)24-26-12-6-4-7-13-26)32-23-11-3-1-2-10-19-30-20-16-25(17-21-30)18-22-30/h4-9,12-15,25H,1-3,10-11,16-24H2/q+1. The number of benzene rings is 2. The average Bonchev–Trinajstić information content (AvgIpc) is 2.86. The Morgan fingerprint density at radius 3 is 2.09 bits per heavy atom. The van der Waals surface area contributed by atoms with E-state index in [1.54, 1.807) is 4.90 Å². The molecule has 0 spiro atoms. The van der Waals surface area contributed by atoms with E-state index in [4.69, 9.17) is 4.74 Å². The maximum absolute atomic E-state index is 12.8. The van der Waals surface area contributed by atoms with Crippen LogP contribution in [-0.4, -0.2) is 43.4 Å². The lowest BCUT2D eigenvalue weighted by Gasteiger charge is -2.49. The number of rotatable bonds is 11. The lowest BCUT2D eigenvalue weighted by Crippen LogP contribution is -2.58. The van der Waals surface area contributed by atoms with Gasteiger partial charge in [0.05, 0.1) is 39.3 Å². The van der Waals surface area contributed by atoms with Crippen molar-refractivity contribution in [1.29, 1.82) is 0 Å². The van der Waals surface area contributed by atoms with Gasteiger partial charge in [0.15, 0.2) is 0 Å². The first kappa shape index (κ1) is 22.8. The number of amides is 1. The Hall–Kier alpha value is -2.33. The van der Waals surface area contributed by atoms with Crippen molar-refractivity contribution in [2.24, 2.45) is 5.92 Å². The Morgan fingerprint density at radius 2 is 1.41 bits per heavy atom. The maximum Gasteiger partial charge on any atom is 0.414 e. The first-order valence-corrected chi connectivity index (χ1v) is 12.6. The fraction of sp³-hybridized carbons (Fsp3) is 0.536. The number of para-hydroxylation sites is 1. The Balaban J connectivity index is 1.14. The fourth-order valence-electron chi connectivity index (χ4n) is 5.43. The molecule has 4 nitrogen and oxygen atoms in total. The highest BCUT2D eigenvalue weighted by Crippen LogP contribution is 2.33. The Morgan fingerprint density at radius 1 is 0.812 bits per heavy atom. The first-order valence-electron chi connectivity index (χ1n) is 12.6. The zero-order valence-corrected chi connectivity index (χ0v) is 19.5. The van der Waals surface area contributed by atoms with E-state index in [2.05, 4.69) is 0 Å². The number of hydrogen-bond acceptors (Lipinski definition) is 2. The summed E-state index contributed by atoms with van der Waals surface area (Å²) in [6, 6.07) is 19.9. The van der Waals surface area contributed by atoms with E-state index in [1.807, 2.05) is 60.7 Å². The van der Waals surface area contributed by atoms with Crippen molar-refractivity contribution < 1.29 is 14.0 Å². The van der Waals surface area contributed by atoms with Gasteiger partial charge in [-0.3, -0.25) is 4.90 Å². The molecule has 0 atom stereocenters. The average molecular weight is 436 g/mol. The second-order valence-electron chi connectivity index (χ2n) is 9.76. The summed E-state index contributed by atoms with van der Waals surface area (Å²) < 4.78 is 7.06. The fourth-order valence-corrected chi connectivity index (χ4v) is 5.43. The number of piperidine rings is 3. The summed E-state index contributed by atoms with van der Waals surface area (Å²) in [4.78, 5) is 14.6.